The van der Waals surface area contributed by atoms with E-state index < -0.39 is 16.8 Å². The molecule has 0 unspecified atom stereocenters. The number of esters is 1. The first-order valence-electron chi connectivity index (χ1n) is 10.0. The molecule has 0 fully saturated rings. The van der Waals surface area contributed by atoms with Crippen LogP contribution in [0.5, 0.6) is 5.75 Å². The lowest BCUT2D eigenvalue weighted by Gasteiger charge is -2.28. The monoisotopic (exact) mass is 419 g/mol. The summed E-state index contributed by atoms with van der Waals surface area (Å²) < 4.78 is 5.45. The molecule has 1 aliphatic heterocycles. The van der Waals surface area contributed by atoms with Gasteiger partial charge in [-0.3, -0.25) is 14.4 Å². The molecule has 0 aliphatic carbocycles. The molecule has 0 spiro atoms. The van der Waals surface area contributed by atoms with E-state index in [1.807, 2.05) is 26.8 Å². The quantitative estimate of drug-likeness (QED) is 0.217. The SMILES string of the molecule is CC(C)(C)c1cc2c(cc1N(N)C(=O)c1c[nH]c3ccccc3c1=O)OC(=O)C2(C)C. The van der Waals surface area contributed by atoms with Crippen molar-refractivity contribution < 1.29 is 14.3 Å². The molecule has 7 nitrogen and oxygen atoms in total. The minimum absolute atomic E-state index is 0.0705. The number of nitrogens with zero attached hydrogens (tertiary/aromatic N) is 1. The Labute approximate surface area is 179 Å². The maximum absolute atomic E-state index is 13.3. The minimum Gasteiger partial charge on any atom is -0.425 e. The maximum Gasteiger partial charge on any atom is 0.321 e. The number of rotatable bonds is 2. The second kappa shape index (κ2) is 6.78. The minimum atomic E-state index is -0.799. The molecule has 3 aromatic rings. The van der Waals surface area contributed by atoms with Gasteiger partial charge in [-0.15, -0.1) is 0 Å². The summed E-state index contributed by atoms with van der Waals surface area (Å²) in [4.78, 5) is 41.5. The van der Waals surface area contributed by atoms with E-state index in [2.05, 4.69) is 4.98 Å². The number of fused-ring (bicyclic) bond motifs is 2. The average Bonchev–Trinajstić information content (AvgIpc) is 2.94. The van der Waals surface area contributed by atoms with E-state index in [1.165, 1.54) is 6.20 Å². The van der Waals surface area contributed by atoms with Crippen molar-refractivity contribution in [1.82, 2.24) is 4.98 Å². The smallest absolute Gasteiger partial charge is 0.321 e. The molecule has 0 saturated carbocycles. The van der Waals surface area contributed by atoms with Gasteiger partial charge >= 0.3 is 5.97 Å². The number of carbonyl (C=O) groups excluding carboxylic acids is 2. The van der Waals surface area contributed by atoms with Crippen LogP contribution in [0.2, 0.25) is 0 Å². The van der Waals surface area contributed by atoms with Crippen molar-refractivity contribution in [2.45, 2.75) is 45.4 Å². The molecule has 3 N–H and O–H groups in total. The number of nitrogens with one attached hydrogen (secondary N) is 1. The van der Waals surface area contributed by atoms with Gasteiger partial charge in [0.1, 0.15) is 11.3 Å². The third-order valence-corrected chi connectivity index (χ3v) is 5.79. The van der Waals surface area contributed by atoms with Crippen LogP contribution in [0.15, 0.2) is 47.4 Å². The molecule has 31 heavy (non-hydrogen) atoms. The van der Waals surface area contributed by atoms with Crippen molar-refractivity contribution in [3.63, 3.8) is 0 Å². The summed E-state index contributed by atoms with van der Waals surface area (Å²) in [5.41, 5.74) is 0.872. The molecule has 0 radical (unpaired) electrons. The predicted molar refractivity (Wildman–Crippen MR) is 119 cm³/mol. The summed E-state index contributed by atoms with van der Waals surface area (Å²) in [7, 11) is 0. The molecule has 160 valence electrons. The van der Waals surface area contributed by atoms with Crippen LogP contribution in [0.4, 0.5) is 5.69 Å². The molecule has 4 rings (SSSR count). The standard InChI is InChI=1S/C24H25N3O4/c1-23(2,3)15-10-16-19(31-22(30)24(16,4)5)11-18(15)27(25)21(29)14-12-26-17-9-7-6-8-13(17)20(14)28/h6-12H,25H2,1-5H3,(H,26,28). The fourth-order valence-corrected chi connectivity index (χ4v) is 3.84. The zero-order chi connectivity index (χ0) is 22.7. The van der Waals surface area contributed by atoms with E-state index in [0.29, 0.717) is 22.3 Å². The number of H-pyrrole nitrogens is 1. The lowest BCUT2D eigenvalue weighted by molar-refractivity contribution is -0.137. The van der Waals surface area contributed by atoms with Gasteiger partial charge in [-0.25, -0.2) is 10.9 Å². The largest absolute Gasteiger partial charge is 0.425 e. The Morgan fingerprint density at radius 2 is 1.81 bits per heavy atom. The number of aromatic amines is 1. The number of hydrazine groups is 1. The second-order valence-electron chi connectivity index (χ2n) is 9.38. The van der Waals surface area contributed by atoms with Crippen molar-refractivity contribution in [2.24, 2.45) is 5.84 Å². The number of hydrogen-bond donors (Lipinski definition) is 2. The van der Waals surface area contributed by atoms with Gasteiger partial charge in [-0.2, -0.15) is 0 Å². The molecule has 0 bridgehead atoms. The third-order valence-electron chi connectivity index (χ3n) is 5.79. The number of aromatic nitrogens is 1. The Balaban J connectivity index is 1.86. The zero-order valence-corrected chi connectivity index (χ0v) is 18.2. The topological polar surface area (TPSA) is 105 Å². The first-order valence-corrected chi connectivity index (χ1v) is 10.0. The van der Waals surface area contributed by atoms with Gasteiger partial charge < -0.3 is 9.72 Å². The number of benzene rings is 2. The van der Waals surface area contributed by atoms with E-state index in [0.717, 1.165) is 16.1 Å². The maximum atomic E-state index is 13.3. The van der Waals surface area contributed by atoms with Gasteiger partial charge in [0, 0.05) is 28.7 Å². The molecule has 1 aliphatic rings. The summed E-state index contributed by atoms with van der Waals surface area (Å²) >= 11 is 0. The van der Waals surface area contributed by atoms with Crippen LogP contribution in [0.1, 0.15) is 56.1 Å². The van der Waals surface area contributed by atoms with Crippen LogP contribution in [0.25, 0.3) is 10.9 Å². The van der Waals surface area contributed by atoms with Crippen molar-refractivity contribution in [2.75, 3.05) is 5.01 Å². The molecule has 2 heterocycles. The fraction of sp³-hybridized carbons (Fsp3) is 0.292. The number of para-hydroxylation sites is 1. The number of ether oxygens (including phenoxy) is 1. The molecule has 2 aromatic carbocycles. The van der Waals surface area contributed by atoms with Gasteiger partial charge in [0.2, 0.25) is 5.43 Å². The average molecular weight is 419 g/mol. The summed E-state index contributed by atoms with van der Waals surface area (Å²) in [6.45, 7) is 9.57. The number of pyridine rings is 1. The van der Waals surface area contributed by atoms with E-state index in [-0.39, 0.29) is 16.9 Å². The van der Waals surface area contributed by atoms with Gasteiger partial charge in [-0.1, -0.05) is 32.9 Å². The molecule has 0 atom stereocenters. The van der Waals surface area contributed by atoms with Crippen molar-refractivity contribution in [3.05, 3.63) is 69.5 Å². The Morgan fingerprint density at radius 3 is 2.48 bits per heavy atom. The van der Waals surface area contributed by atoms with Crippen molar-refractivity contribution in [1.29, 1.82) is 0 Å². The number of amides is 1. The highest BCUT2D eigenvalue weighted by Crippen LogP contribution is 2.45. The Bertz CT molecular complexity index is 1300. The van der Waals surface area contributed by atoms with Crippen LogP contribution < -0.4 is 21.0 Å². The Hall–Kier alpha value is -3.45. The number of nitrogens with two attached hydrogens (primary N) is 1. The molecule has 0 saturated heterocycles. The first-order chi connectivity index (χ1) is 14.4. The molecule has 7 heteroatoms. The lowest BCUT2D eigenvalue weighted by atomic mass is 9.79. The fourth-order valence-electron chi connectivity index (χ4n) is 3.84. The summed E-state index contributed by atoms with van der Waals surface area (Å²) in [5, 5.41) is 1.36. The third kappa shape index (κ3) is 3.21. The number of anilines is 1. The highest BCUT2D eigenvalue weighted by Gasteiger charge is 2.43. The normalized spacial score (nSPS) is 15.0. The van der Waals surface area contributed by atoms with Crippen LogP contribution in [0, 0.1) is 0 Å². The van der Waals surface area contributed by atoms with Gasteiger partial charge in [0.05, 0.1) is 11.1 Å². The van der Waals surface area contributed by atoms with Crippen LogP contribution in [-0.4, -0.2) is 16.9 Å². The van der Waals surface area contributed by atoms with Crippen molar-refractivity contribution >= 4 is 28.5 Å². The van der Waals surface area contributed by atoms with Gasteiger partial charge in [0.15, 0.2) is 0 Å². The van der Waals surface area contributed by atoms with Gasteiger partial charge in [-0.05, 0) is 43.0 Å². The van der Waals surface area contributed by atoms with Crippen LogP contribution >= 0.6 is 0 Å². The number of carbonyl (C=O) groups is 2. The molecular weight excluding hydrogens is 394 g/mol. The second-order valence-corrected chi connectivity index (χ2v) is 9.38. The first kappa shape index (κ1) is 20.8. The summed E-state index contributed by atoms with van der Waals surface area (Å²) in [6, 6.07) is 10.4. The molecule has 1 aromatic heterocycles. The van der Waals surface area contributed by atoms with Gasteiger partial charge in [0.25, 0.3) is 5.91 Å². The molecule has 1 amide bonds. The Morgan fingerprint density at radius 1 is 1.13 bits per heavy atom. The zero-order valence-electron chi connectivity index (χ0n) is 18.2. The highest BCUT2D eigenvalue weighted by atomic mass is 16.5. The van der Waals surface area contributed by atoms with Crippen molar-refractivity contribution in [3.8, 4) is 5.75 Å². The summed E-state index contributed by atoms with van der Waals surface area (Å²) in [6.07, 6.45) is 1.38. The van der Waals surface area contributed by atoms with Crippen LogP contribution in [-0.2, 0) is 15.6 Å². The van der Waals surface area contributed by atoms with Crippen LogP contribution in [0.3, 0.4) is 0 Å². The predicted octanol–water partition coefficient (Wildman–Crippen LogP) is 3.54. The van der Waals surface area contributed by atoms with E-state index in [4.69, 9.17) is 10.6 Å². The highest BCUT2D eigenvalue weighted by molar-refractivity contribution is 6.07. The Kier molecular flexibility index (Phi) is 4.55. The van der Waals surface area contributed by atoms with E-state index in [1.54, 1.807) is 44.2 Å². The summed E-state index contributed by atoms with van der Waals surface area (Å²) in [5.74, 6) is 5.62. The number of hydrogen-bond acceptors (Lipinski definition) is 5. The molecular formula is C24H25N3O4. The van der Waals surface area contributed by atoms with E-state index >= 15 is 0 Å². The van der Waals surface area contributed by atoms with E-state index in [9.17, 15) is 14.4 Å². The lowest BCUT2D eigenvalue weighted by Crippen LogP contribution is -2.41.